The van der Waals surface area contributed by atoms with Crippen molar-refractivity contribution in [2.75, 3.05) is 12.3 Å². The van der Waals surface area contributed by atoms with Crippen LogP contribution in [0.15, 0.2) is 27.6 Å². The molecule has 1 aliphatic rings. The first kappa shape index (κ1) is 25.2. The topological polar surface area (TPSA) is 219 Å². The molecule has 1 saturated heterocycles. The summed E-state index contributed by atoms with van der Waals surface area (Å²) in [6, 6.07) is -1.10. The minimum absolute atomic E-state index is 0.0190. The maximum Gasteiger partial charge on any atom is 0.435 e. The summed E-state index contributed by atoms with van der Waals surface area (Å²) in [6.45, 7) is 2.38. The van der Waals surface area contributed by atoms with E-state index in [0.717, 1.165) is 23.6 Å². The molecule has 1 aliphatic heterocycles. The summed E-state index contributed by atoms with van der Waals surface area (Å²) in [4.78, 5) is 55.8. The van der Waals surface area contributed by atoms with Gasteiger partial charge in [-0.15, -0.1) is 11.3 Å². The zero-order valence-corrected chi connectivity index (χ0v) is 19.5. The Kier molecular flexibility index (Phi) is 7.26. The quantitative estimate of drug-likeness (QED) is 0.0949. The molecule has 15 nitrogen and oxygen atoms in total. The highest BCUT2D eigenvalue weighted by Gasteiger charge is 2.54. The van der Waals surface area contributed by atoms with Gasteiger partial charge in [-0.2, -0.15) is 4.73 Å². The van der Waals surface area contributed by atoms with Crippen LogP contribution in [0.5, 0.6) is 5.75 Å². The lowest BCUT2D eigenvalue weighted by Crippen LogP contribution is -2.68. The third-order valence-electron chi connectivity index (χ3n) is 4.65. The average molecular weight is 516 g/mol. The van der Waals surface area contributed by atoms with Crippen LogP contribution in [0.3, 0.4) is 0 Å². The van der Waals surface area contributed by atoms with E-state index in [1.807, 2.05) is 0 Å². The first-order valence-corrected chi connectivity index (χ1v) is 12.0. The Balaban J connectivity index is 1.77. The van der Waals surface area contributed by atoms with Gasteiger partial charge in [0.15, 0.2) is 23.2 Å². The van der Waals surface area contributed by atoms with E-state index in [2.05, 4.69) is 15.5 Å². The number of nitrogens with two attached hydrogens (primary N) is 1. The number of amides is 2. The number of aromatic nitrogens is 2. The molecule has 2 amide bonds. The molecule has 1 unspecified atom stereocenters. The molecule has 184 valence electrons. The molecule has 3 rings (SSSR count). The highest BCUT2D eigenvalue weighted by molar-refractivity contribution is 7.51. The smallest absolute Gasteiger partial charge is 0.435 e. The second kappa shape index (κ2) is 9.80. The Morgan fingerprint density at radius 3 is 2.74 bits per heavy atom. The van der Waals surface area contributed by atoms with Gasteiger partial charge >= 0.3 is 7.75 Å². The summed E-state index contributed by atoms with van der Waals surface area (Å²) in [5.74, 6) is -2.41. The number of nitrogens with one attached hydrogen (secondary N) is 1. The number of anilines is 1. The minimum Gasteiger partial charge on any atom is -0.503 e. The fraction of sp³-hybridized carbons (Fsp3) is 0.353. The van der Waals surface area contributed by atoms with E-state index in [9.17, 15) is 34.2 Å². The average Bonchev–Trinajstić information content (AvgIpc) is 3.18. The molecule has 3 heterocycles. The van der Waals surface area contributed by atoms with Crippen molar-refractivity contribution in [2.45, 2.75) is 32.5 Å². The molecule has 0 radical (unpaired) electrons. The number of β-lactam (4-membered cyclic amide) rings is 1. The molecule has 0 bridgehead atoms. The number of oxime groups is 1. The van der Waals surface area contributed by atoms with Crippen LogP contribution in [0.1, 0.15) is 25.2 Å². The van der Waals surface area contributed by atoms with Crippen LogP contribution in [-0.4, -0.2) is 65.8 Å². The van der Waals surface area contributed by atoms with E-state index in [0.29, 0.717) is 9.40 Å². The van der Waals surface area contributed by atoms with E-state index in [-0.39, 0.29) is 28.8 Å². The van der Waals surface area contributed by atoms with Crippen LogP contribution in [-0.2, 0) is 30.1 Å². The van der Waals surface area contributed by atoms with Gasteiger partial charge < -0.3 is 31.1 Å². The predicted octanol–water partition coefficient (Wildman–Crippen LogP) is -0.397. The third-order valence-corrected chi connectivity index (χ3v) is 7.03. The number of aromatic hydroxyl groups is 1. The molecule has 0 saturated carbocycles. The highest BCUT2D eigenvalue weighted by atomic mass is 32.1. The van der Waals surface area contributed by atoms with Crippen molar-refractivity contribution in [3.8, 4) is 5.75 Å². The number of hydrogen-bond acceptors (Lipinski definition) is 12. The molecule has 0 aliphatic carbocycles. The number of nitrogens with zero attached hydrogens (tertiary/aromatic N) is 4. The Labute approximate surface area is 195 Å². The fourth-order valence-corrected chi connectivity index (χ4v) is 4.99. The van der Waals surface area contributed by atoms with Crippen molar-refractivity contribution in [1.29, 1.82) is 0 Å². The van der Waals surface area contributed by atoms with Crippen molar-refractivity contribution in [3.05, 3.63) is 39.3 Å². The SMILES string of the molecule is CCOP(=O)(O)N1C(=O)[C@@H](NC(=O)/C(=N\OCc2cc(=O)c(O)cn2O)c2csc(N)n2)[C@@H]1C. The van der Waals surface area contributed by atoms with Gasteiger partial charge in [0, 0.05) is 11.4 Å². The number of thiazole rings is 1. The number of carbonyl (C=O) groups is 2. The fourth-order valence-electron chi connectivity index (χ4n) is 3.01. The second-order valence-electron chi connectivity index (χ2n) is 6.93. The number of carbonyl (C=O) groups excluding carboxylic acids is 2. The number of rotatable bonds is 9. The Hall–Kier alpha value is -3.46. The van der Waals surface area contributed by atoms with Crippen molar-refractivity contribution in [1.82, 2.24) is 19.7 Å². The molecule has 6 N–H and O–H groups in total. The van der Waals surface area contributed by atoms with Crippen LogP contribution in [0, 0.1) is 0 Å². The van der Waals surface area contributed by atoms with Gasteiger partial charge in [0.25, 0.3) is 11.8 Å². The van der Waals surface area contributed by atoms with Crippen LogP contribution < -0.4 is 16.5 Å². The molecule has 0 spiro atoms. The molecule has 17 heteroatoms. The van der Waals surface area contributed by atoms with Crippen molar-refractivity contribution in [2.24, 2.45) is 5.16 Å². The van der Waals surface area contributed by atoms with Crippen LogP contribution >= 0.6 is 19.1 Å². The van der Waals surface area contributed by atoms with Gasteiger partial charge in [-0.05, 0) is 13.8 Å². The summed E-state index contributed by atoms with van der Waals surface area (Å²) in [7, 11) is -4.35. The van der Waals surface area contributed by atoms with Crippen molar-refractivity contribution < 1.29 is 38.7 Å². The lowest BCUT2D eigenvalue weighted by molar-refractivity contribution is -0.145. The monoisotopic (exact) mass is 516 g/mol. The highest BCUT2D eigenvalue weighted by Crippen LogP contribution is 2.52. The first-order chi connectivity index (χ1) is 16.0. The molecule has 3 atom stereocenters. The summed E-state index contributed by atoms with van der Waals surface area (Å²) in [6.07, 6.45) is 0.761. The summed E-state index contributed by atoms with van der Waals surface area (Å²) in [5, 5.41) is 26.7. The molecule has 1 fully saturated rings. The van der Waals surface area contributed by atoms with Crippen molar-refractivity contribution in [3.63, 3.8) is 0 Å². The molecular formula is C17H21N6O9PS. The van der Waals surface area contributed by atoms with E-state index in [4.69, 9.17) is 15.1 Å². The molecule has 2 aromatic heterocycles. The Morgan fingerprint density at radius 2 is 2.15 bits per heavy atom. The summed E-state index contributed by atoms with van der Waals surface area (Å²) >= 11 is 1.01. The van der Waals surface area contributed by atoms with E-state index in [1.54, 1.807) is 0 Å². The normalized spacial score (nSPS) is 19.9. The van der Waals surface area contributed by atoms with Crippen LogP contribution in [0.25, 0.3) is 0 Å². The first-order valence-electron chi connectivity index (χ1n) is 9.63. The van der Waals surface area contributed by atoms with Crippen molar-refractivity contribution >= 4 is 41.7 Å². The second-order valence-corrected chi connectivity index (χ2v) is 9.49. The molecular weight excluding hydrogens is 495 g/mol. The predicted molar refractivity (Wildman–Crippen MR) is 117 cm³/mol. The molecule has 34 heavy (non-hydrogen) atoms. The van der Waals surface area contributed by atoms with Crippen LogP contribution in [0.2, 0.25) is 0 Å². The molecule has 0 aromatic carbocycles. The lowest BCUT2D eigenvalue weighted by Gasteiger charge is -2.45. The zero-order valence-electron chi connectivity index (χ0n) is 17.8. The van der Waals surface area contributed by atoms with Crippen LogP contribution in [0.4, 0.5) is 5.13 Å². The van der Waals surface area contributed by atoms with Gasteiger partial charge in [0.05, 0.1) is 18.8 Å². The van der Waals surface area contributed by atoms with Gasteiger partial charge in [-0.3, -0.25) is 18.9 Å². The lowest BCUT2D eigenvalue weighted by atomic mass is 10.0. The minimum atomic E-state index is -4.35. The van der Waals surface area contributed by atoms with E-state index < -0.39 is 49.4 Å². The van der Waals surface area contributed by atoms with Gasteiger partial charge in [0.1, 0.15) is 17.4 Å². The van der Waals surface area contributed by atoms with Gasteiger partial charge in [-0.1, -0.05) is 5.16 Å². The van der Waals surface area contributed by atoms with E-state index >= 15 is 0 Å². The maximum atomic E-state index is 12.9. The summed E-state index contributed by atoms with van der Waals surface area (Å²) in [5.41, 5.74) is 4.40. The standard InChI is InChI=1S/C17H21N6O9PS/c1-3-32-33(29,30)23-8(2)13(16(23)27)20-15(26)14(10-7-34-17(18)19-10)21-31-6-9-4-11(24)12(25)5-22(9)28/h4-5,7-8,13,25,28H,3,6H2,1-2H3,(H2,18,19)(H,20,26)(H,29,30)/b21-14-/t8-,13-/m0/s1. The van der Waals surface area contributed by atoms with E-state index in [1.165, 1.54) is 19.2 Å². The zero-order chi connectivity index (χ0) is 25.2. The Bertz CT molecular complexity index is 1240. The summed E-state index contributed by atoms with van der Waals surface area (Å²) < 4.78 is 18.0. The third kappa shape index (κ3) is 5.04. The Morgan fingerprint density at radius 1 is 1.44 bits per heavy atom. The van der Waals surface area contributed by atoms with Gasteiger partial charge in [0.2, 0.25) is 5.43 Å². The number of hydrogen-bond donors (Lipinski definition) is 5. The maximum absolute atomic E-state index is 12.9. The number of pyridine rings is 1. The number of nitrogen functional groups attached to an aromatic ring is 1. The van der Waals surface area contributed by atoms with Gasteiger partial charge in [-0.25, -0.2) is 14.2 Å². The largest absolute Gasteiger partial charge is 0.503 e. The molecule has 2 aromatic rings.